The first-order chi connectivity index (χ1) is 6.68. The number of ketones is 1. The minimum Gasteiger partial charge on any atom is -0.299 e. The lowest BCUT2D eigenvalue weighted by molar-refractivity contribution is -0.118. The van der Waals surface area contributed by atoms with Gasteiger partial charge in [-0.2, -0.15) is 11.3 Å². The monoisotopic (exact) mass is 210 g/mol. The van der Waals surface area contributed by atoms with Gasteiger partial charge in [-0.05, 0) is 34.7 Å². The van der Waals surface area contributed by atoms with Gasteiger partial charge in [-0.1, -0.05) is 20.3 Å². The molecule has 0 saturated heterocycles. The van der Waals surface area contributed by atoms with E-state index in [1.165, 1.54) is 5.56 Å². The standard InChI is InChI=1S/C12H18OS/c1-10(2)4-3-5-12(13)8-11-6-7-14-9-11/h6-7,9-10H,3-5,8H2,1-2H3. The number of hydrogen-bond donors (Lipinski definition) is 0. The maximum absolute atomic E-state index is 11.5. The topological polar surface area (TPSA) is 17.1 Å². The SMILES string of the molecule is CC(C)CCCC(=O)Cc1ccsc1. The Morgan fingerprint density at radius 3 is 2.86 bits per heavy atom. The van der Waals surface area contributed by atoms with Crippen molar-refractivity contribution in [1.82, 2.24) is 0 Å². The van der Waals surface area contributed by atoms with Crippen molar-refractivity contribution < 1.29 is 4.79 Å². The summed E-state index contributed by atoms with van der Waals surface area (Å²) in [5, 5.41) is 4.08. The van der Waals surface area contributed by atoms with E-state index in [1.807, 2.05) is 11.4 Å². The first-order valence-electron chi connectivity index (χ1n) is 5.21. The summed E-state index contributed by atoms with van der Waals surface area (Å²) in [5.41, 5.74) is 1.17. The summed E-state index contributed by atoms with van der Waals surface area (Å²) < 4.78 is 0. The van der Waals surface area contributed by atoms with E-state index in [-0.39, 0.29) is 0 Å². The Kier molecular flexibility index (Phi) is 4.88. The predicted octanol–water partition coefficient (Wildman–Crippen LogP) is 3.69. The average molecular weight is 210 g/mol. The largest absolute Gasteiger partial charge is 0.299 e. The Balaban J connectivity index is 2.17. The third kappa shape index (κ3) is 4.56. The van der Waals surface area contributed by atoms with E-state index < -0.39 is 0 Å². The van der Waals surface area contributed by atoms with E-state index in [0.29, 0.717) is 18.1 Å². The fraction of sp³-hybridized carbons (Fsp3) is 0.583. The first kappa shape index (κ1) is 11.4. The highest BCUT2D eigenvalue weighted by Gasteiger charge is 2.04. The molecule has 0 aliphatic carbocycles. The molecule has 1 nitrogen and oxygen atoms in total. The van der Waals surface area contributed by atoms with Crippen LogP contribution >= 0.6 is 11.3 Å². The van der Waals surface area contributed by atoms with Crippen LogP contribution in [-0.2, 0) is 11.2 Å². The van der Waals surface area contributed by atoms with E-state index in [0.717, 1.165) is 19.3 Å². The van der Waals surface area contributed by atoms with Gasteiger partial charge in [0.2, 0.25) is 0 Å². The molecular weight excluding hydrogens is 192 g/mol. The zero-order chi connectivity index (χ0) is 10.4. The second kappa shape index (κ2) is 5.97. The van der Waals surface area contributed by atoms with Crippen LogP contribution in [0.1, 0.15) is 38.7 Å². The highest BCUT2D eigenvalue weighted by Crippen LogP contribution is 2.11. The van der Waals surface area contributed by atoms with Gasteiger partial charge in [0, 0.05) is 12.8 Å². The van der Waals surface area contributed by atoms with Crippen LogP contribution in [0, 0.1) is 5.92 Å². The summed E-state index contributed by atoms with van der Waals surface area (Å²) in [6.07, 6.45) is 3.58. The molecule has 0 aliphatic heterocycles. The molecule has 1 aromatic heterocycles. The lowest BCUT2D eigenvalue weighted by Gasteiger charge is -2.02. The van der Waals surface area contributed by atoms with Crippen LogP contribution in [-0.4, -0.2) is 5.78 Å². The molecule has 0 saturated carbocycles. The van der Waals surface area contributed by atoms with Gasteiger partial charge in [-0.15, -0.1) is 0 Å². The molecule has 0 spiro atoms. The van der Waals surface area contributed by atoms with Crippen LogP contribution < -0.4 is 0 Å². The first-order valence-corrected chi connectivity index (χ1v) is 6.15. The van der Waals surface area contributed by atoms with Crippen LogP contribution in [0.2, 0.25) is 0 Å². The molecule has 14 heavy (non-hydrogen) atoms. The van der Waals surface area contributed by atoms with Crippen LogP contribution in [0.5, 0.6) is 0 Å². The molecule has 0 amide bonds. The third-order valence-corrected chi connectivity index (χ3v) is 2.95. The number of carbonyl (C=O) groups is 1. The summed E-state index contributed by atoms with van der Waals surface area (Å²) in [7, 11) is 0. The molecule has 0 aliphatic rings. The van der Waals surface area contributed by atoms with Crippen molar-refractivity contribution in [1.29, 1.82) is 0 Å². The molecule has 0 fully saturated rings. The number of thiophene rings is 1. The van der Waals surface area contributed by atoms with Crippen molar-refractivity contribution in [3.05, 3.63) is 22.4 Å². The van der Waals surface area contributed by atoms with Crippen molar-refractivity contribution in [3.8, 4) is 0 Å². The maximum atomic E-state index is 11.5. The lowest BCUT2D eigenvalue weighted by Crippen LogP contribution is -2.02. The maximum Gasteiger partial charge on any atom is 0.137 e. The summed E-state index contributed by atoms with van der Waals surface area (Å²) >= 11 is 1.66. The van der Waals surface area contributed by atoms with Crippen LogP contribution in [0.15, 0.2) is 16.8 Å². The van der Waals surface area contributed by atoms with Gasteiger partial charge >= 0.3 is 0 Å². The Bertz CT molecular complexity index is 262. The highest BCUT2D eigenvalue weighted by atomic mass is 32.1. The summed E-state index contributed by atoms with van der Waals surface area (Å²) in [5.74, 6) is 1.09. The Hall–Kier alpha value is -0.630. The van der Waals surface area contributed by atoms with Crippen LogP contribution in [0.4, 0.5) is 0 Å². The lowest BCUT2D eigenvalue weighted by atomic mass is 10.0. The molecule has 1 rings (SSSR count). The zero-order valence-corrected chi connectivity index (χ0v) is 9.77. The van der Waals surface area contributed by atoms with Gasteiger partial charge in [0.15, 0.2) is 0 Å². The van der Waals surface area contributed by atoms with E-state index in [2.05, 4.69) is 19.2 Å². The fourth-order valence-electron chi connectivity index (χ4n) is 1.42. The zero-order valence-electron chi connectivity index (χ0n) is 8.95. The number of Topliss-reactive ketones (excluding diaryl/α,β-unsaturated/α-hetero) is 1. The van der Waals surface area contributed by atoms with Gasteiger partial charge in [-0.25, -0.2) is 0 Å². The molecule has 0 radical (unpaired) electrons. The molecule has 0 bridgehead atoms. The molecule has 2 heteroatoms. The van der Waals surface area contributed by atoms with Crippen LogP contribution in [0.25, 0.3) is 0 Å². The van der Waals surface area contributed by atoms with Crippen molar-refractivity contribution in [2.45, 2.75) is 39.5 Å². The van der Waals surface area contributed by atoms with E-state index in [4.69, 9.17) is 0 Å². The molecule has 0 atom stereocenters. The van der Waals surface area contributed by atoms with Gasteiger partial charge in [0.1, 0.15) is 5.78 Å². The molecule has 0 N–H and O–H groups in total. The van der Waals surface area contributed by atoms with Crippen molar-refractivity contribution in [3.63, 3.8) is 0 Å². The average Bonchev–Trinajstić information content (AvgIpc) is 2.56. The number of rotatable bonds is 6. The summed E-state index contributed by atoms with van der Waals surface area (Å²) in [6, 6.07) is 2.03. The fourth-order valence-corrected chi connectivity index (χ4v) is 2.09. The molecule has 78 valence electrons. The minimum absolute atomic E-state index is 0.379. The number of hydrogen-bond acceptors (Lipinski definition) is 2. The van der Waals surface area contributed by atoms with Crippen molar-refractivity contribution >= 4 is 17.1 Å². The Morgan fingerprint density at radius 1 is 1.50 bits per heavy atom. The van der Waals surface area contributed by atoms with Gasteiger partial charge in [0.05, 0.1) is 0 Å². The molecule has 0 unspecified atom stereocenters. The molecule has 1 heterocycles. The summed E-state index contributed by atoms with van der Waals surface area (Å²) in [4.78, 5) is 11.5. The normalized spacial score (nSPS) is 10.8. The van der Waals surface area contributed by atoms with E-state index in [1.54, 1.807) is 11.3 Å². The highest BCUT2D eigenvalue weighted by molar-refractivity contribution is 7.07. The predicted molar refractivity (Wildman–Crippen MR) is 61.7 cm³/mol. The van der Waals surface area contributed by atoms with Gasteiger partial charge < -0.3 is 0 Å². The second-order valence-corrected chi connectivity index (χ2v) is 4.91. The van der Waals surface area contributed by atoms with Gasteiger partial charge in [0.25, 0.3) is 0 Å². The third-order valence-electron chi connectivity index (χ3n) is 2.22. The van der Waals surface area contributed by atoms with Crippen molar-refractivity contribution in [2.24, 2.45) is 5.92 Å². The molecule has 1 aromatic rings. The molecular formula is C12H18OS. The number of carbonyl (C=O) groups excluding carboxylic acids is 1. The van der Waals surface area contributed by atoms with E-state index in [9.17, 15) is 4.79 Å². The minimum atomic E-state index is 0.379. The van der Waals surface area contributed by atoms with Crippen molar-refractivity contribution in [2.75, 3.05) is 0 Å². The molecule has 0 aromatic carbocycles. The quantitative estimate of drug-likeness (QED) is 0.700. The Morgan fingerprint density at radius 2 is 2.29 bits per heavy atom. The van der Waals surface area contributed by atoms with Gasteiger partial charge in [-0.3, -0.25) is 4.79 Å². The Labute approximate surface area is 90.2 Å². The van der Waals surface area contributed by atoms with Crippen LogP contribution in [0.3, 0.4) is 0 Å². The smallest absolute Gasteiger partial charge is 0.137 e. The van der Waals surface area contributed by atoms with E-state index >= 15 is 0 Å². The second-order valence-electron chi connectivity index (χ2n) is 4.13. The summed E-state index contributed by atoms with van der Waals surface area (Å²) in [6.45, 7) is 4.40.